The summed E-state index contributed by atoms with van der Waals surface area (Å²) < 4.78 is 42.7. The molecule has 0 fully saturated rings. The number of nitrogens with zero attached hydrogens (tertiary/aromatic N) is 1. The van der Waals surface area contributed by atoms with Crippen LogP contribution in [0.4, 0.5) is 5.69 Å². The van der Waals surface area contributed by atoms with Gasteiger partial charge in [-0.2, -0.15) is 0 Å². The van der Waals surface area contributed by atoms with Gasteiger partial charge in [0.25, 0.3) is 5.69 Å². The molecular formula is C24H39NO11. The van der Waals surface area contributed by atoms with Crippen molar-refractivity contribution in [1.82, 2.24) is 0 Å². The SMILES string of the molecule is CC(C)(C)OC(=O)COCCOCCOCCOCCOCCOCCOc1ccc([N+](=O)[O-])cc1. The summed E-state index contributed by atoms with van der Waals surface area (Å²) in [4.78, 5) is 21.6. The minimum absolute atomic E-state index is 0.0225. The third-order valence-corrected chi connectivity index (χ3v) is 4.04. The minimum atomic E-state index is -0.515. The predicted molar refractivity (Wildman–Crippen MR) is 129 cm³/mol. The van der Waals surface area contributed by atoms with E-state index in [1.165, 1.54) is 12.1 Å². The van der Waals surface area contributed by atoms with Crippen molar-refractivity contribution < 1.29 is 47.6 Å². The first-order valence-electron chi connectivity index (χ1n) is 11.8. The zero-order chi connectivity index (χ0) is 26.5. The van der Waals surface area contributed by atoms with Crippen molar-refractivity contribution in [3.63, 3.8) is 0 Å². The highest BCUT2D eigenvalue weighted by Gasteiger charge is 2.15. The van der Waals surface area contributed by atoms with Gasteiger partial charge in [0.2, 0.25) is 0 Å². The molecule has 0 N–H and O–H groups in total. The largest absolute Gasteiger partial charge is 0.491 e. The average Bonchev–Trinajstić information content (AvgIpc) is 2.82. The fourth-order valence-corrected chi connectivity index (χ4v) is 2.51. The second-order valence-electron chi connectivity index (χ2n) is 8.30. The number of nitro benzene ring substituents is 1. The summed E-state index contributed by atoms with van der Waals surface area (Å²) in [5.41, 5.74) is -0.493. The molecule has 1 rings (SSSR count). The minimum Gasteiger partial charge on any atom is -0.491 e. The van der Waals surface area contributed by atoms with E-state index in [2.05, 4.69) is 0 Å². The van der Waals surface area contributed by atoms with Gasteiger partial charge in [-0.05, 0) is 32.9 Å². The van der Waals surface area contributed by atoms with Crippen LogP contribution >= 0.6 is 0 Å². The summed E-state index contributed by atoms with van der Waals surface area (Å²) in [6.07, 6.45) is 0. The van der Waals surface area contributed by atoms with Crippen LogP contribution in [0.5, 0.6) is 5.75 Å². The van der Waals surface area contributed by atoms with Crippen molar-refractivity contribution in [2.45, 2.75) is 26.4 Å². The number of carbonyl (C=O) groups excluding carboxylic acids is 1. The fourth-order valence-electron chi connectivity index (χ4n) is 2.51. The third kappa shape index (κ3) is 18.9. The van der Waals surface area contributed by atoms with Crippen molar-refractivity contribution in [3.05, 3.63) is 34.4 Å². The normalized spacial score (nSPS) is 11.4. The van der Waals surface area contributed by atoms with Crippen LogP contribution in [0.2, 0.25) is 0 Å². The Morgan fingerprint density at radius 3 is 1.47 bits per heavy atom. The van der Waals surface area contributed by atoms with Gasteiger partial charge in [0.05, 0.1) is 77.6 Å². The number of carbonyl (C=O) groups is 1. The van der Waals surface area contributed by atoms with Crippen LogP contribution in [0.15, 0.2) is 24.3 Å². The predicted octanol–water partition coefficient (Wildman–Crippen LogP) is 2.41. The van der Waals surface area contributed by atoms with Gasteiger partial charge in [0, 0.05) is 12.1 Å². The molecule has 36 heavy (non-hydrogen) atoms. The van der Waals surface area contributed by atoms with E-state index in [0.717, 1.165) is 0 Å². The van der Waals surface area contributed by atoms with E-state index in [9.17, 15) is 14.9 Å². The van der Waals surface area contributed by atoms with Crippen LogP contribution in [0.25, 0.3) is 0 Å². The maximum Gasteiger partial charge on any atom is 0.332 e. The summed E-state index contributed by atoms with van der Waals surface area (Å²) >= 11 is 0. The fraction of sp³-hybridized carbons (Fsp3) is 0.708. The van der Waals surface area contributed by atoms with E-state index in [1.807, 2.05) is 0 Å². The number of rotatable bonds is 22. The van der Waals surface area contributed by atoms with Gasteiger partial charge in [-0.1, -0.05) is 0 Å². The van der Waals surface area contributed by atoms with Gasteiger partial charge in [0.1, 0.15) is 24.6 Å². The lowest BCUT2D eigenvalue weighted by molar-refractivity contribution is -0.384. The molecule has 0 bridgehead atoms. The lowest BCUT2D eigenvalue weighted by Gasteiger charge is -2.19. The zero-order valence-corrected chi connectivity index (χ0v) is 21.4. The van der Waals surface area contributed by atoms with E-state index in [1.54, 1.807) is 32.9 Å². The van der Waals surface area contributed by atoms with Gasteiger partial charge < -0.3 is 37.9 Å². The standard InChI is InChI=1S/C24H39NO11/c1-24(2,3)36-23(26)20-34-17-16-32-13-12-30-9-8-29-10-11-31-14-15-33-18-19-35-22-6-4-21(5-7-22)25(27)28/h4-7H,8-20H2,1-3H3. The Balaban J connectivity index is 1.75. The van der Waals surface area contributed by atoms with E-state index in [4.69, 9.17) is 37.9 Å². The van der Waals surface area contributed by atoms with Crippen molar-refractivity contribution >= 4 is 11.7 Å². The Hall–Kier alpha value is -2.35. The molecule has 0 saturated carbocycles. The van der Waals surface area contributed by atoms with E-state index in [0.29, 0.717) is 85.0 Å². The topological polar surface area (TPSA) is 134 Å². The van der Waals surface area contributed by atoms with Crippen molar-refractivity contribution in [2.24, 2.45) is 0 Å². The van der Waals surface area contributed by atoms with Gasteiger partial charge in [-0.25, -0.2) is 4.79 Å². The quantitative estimate of drug-likeness (QED) is 0.0971. The summed E-state index contributed by atoms with van der Waals surface area (Å²) in [5.74, 6) is 0.157. The molecular weight excluding hydrogens is 478 g/mol. The summed E-state index contributed by atoms with van der Waals surface area (Å²) in [6.45, 7) is 10.3. The molecule has 0 heterocycles. The van der Waals surface area contributed by atoms with Gasteiger partial charge >= 0.3 is 5.97 Å². The number of esters is 1. The maximum atomic E-state index is 11.5. The number of hydrogen-bond donors (Lipinski definition) is 0. The monoisotopic (exact) mass is 517 g/mol. The van der Waals surface area contributed by atoms with Crippen molar-refractivity contribution in [1.29, 1.82) is 0 Å². The van der Waals surface area contributed by atoms with Crippen LogP contribution in [0.1, 0.15) is 20.8 Å². The molecule has 0 unspecified atom stereocenters. The number of non-ortho nitro benzene ring substituents is 1. The maximum absolute atomic E-state index is 11.5. The molecule has 0 atom stereocenters. The molecule has 0 aliphatic rings. The molecule has 12 nitrogen and oxygen atoms in total. The van der Waals surface area contributed by atoms with Crippen LogP contribution in [0, 0.1) is 10.1 Å². The first-order valence-corrected chi connectivity index (χ1v) is 11.8. The molecule has 0 aliphatic carbocycles. The Bertz CT molecular complexity index is 707. The van der Waals surface area contributed by atoms with E-state index < -0.39 is 16.5 Å². The highest BCUT2D eigenvalue weighted by Crippen LogP contribution is 2.17. The smallest absolute Gasteiger partial charge is 0.332 e. The average molecular weight is 518 g/mol. The summed E-state index contributed by atoms with van der Waals surface area (Å²) in [6, 6.07) is 5.88. The Labute approximate surface area is 212 Å². The number of benzene rings is 1. The Morgan fingerprint density at radius 1 is 0.694 bits per heavy atom. The molecule has 206 valence electrons. The van der Waals surface area contributed by atoms with Crippen LogP contribution < -0.4 is 4.74 Å². The van der Waals surface area contributed by atoms with Crippen LogP contribution in [-0.2, 0) is 38.0 Å². The van der Waals surface area contributed by atoms with Crippen LogP contribution in [0.3, 0.4) is 0 Å². The summed E-state index contributed by atoms with van der Waals surface area (Å²) in [7, 11) is 0. The molecule has 12 heteroatoms. The molecule has 1 aromatic carbocycles. The van der Waals surface area contributed by atoms with E-state index in [-0.39, 0.29) is 12.3 Å². The van der Waals surface area contributed by atoms with Crippen LogP contribution in [-0.4, -0.2) is 102 Å². The van der Waals surface area contributed by atoms with Crippen molar-refractivity contribution in [3.8, 4) is 5.75 Å². The Morgan fingerprint density at radius 2 is 1.08 bits per heavy atom. The molecule has 0 saturated heterocycles. The lowest BCUT2D eigenvalue weighted by atomic mass is 10.2. The summed E-state index contributed by atoms with van der Waals surface area (Å²) in [5, 5.41) is 10.6. The van der Waals surface area contributed by atoms with Gasteiger partial charge in [-0.3, -0.25) is 10.1 Å². The molecule has 0 aliphatic heterocycles. The number of hydrogen-bond acceptors (Lipinski definition) is 11. The Kier molecular flexibility index (Phi) is 17.4. The third-order valence-electron chi connectivity index (χ3n) is 4.04. The molecule has 0 amide bonds. The molecule has 0 aromatic heterocycles. The highest BCUT2D eigenvalue weighted by molar-refractivity contribution is 5.71. The first kappa shape index (κ1) is 31.7. The first-order chi connectivity index (χ1) is 17.3. The number of ether oxygens (including phenoxy) is 8. The molecule has 0 radical (unpaired) electrons. The van der Waals surface area contributed by atoms with Gasteiger partial charge in [0.15, 0.2) is 0 Å². The molecule has 1 aromatic rings. The number of nitro groups is 1. The molecule has 0 spiro atoms. The van der Waals surface area contributed by atoms with Crippen molar-refractivity contribution in [2.75, 3.05) is 85.9 Å². The zero-order valence-electron chi connectivity index (χ0n) is 21.4. The highest BCUT2D eigenvalue weighted by atomic mass is 16.6. The lowest BCUT2D eigenvalue weighted by Crippen LogP contribution is -2.27. The second-order valence-corrected chi connectivity index (χ2v) is 8.30. The second kappa shape index (κ2) is 19.8. The van der Waals surface area contributed by atoms with Gasteiger partial charge in [-0.15, -0.1) is 0 Å². The van der Waals surface area contributed by atoms with E-state index >= 15 is 0 Å².